The van der Waals surface area contributed by atoms with Gasteiger partial charge in [0, 0.05) is 17.6 Å². The Morgan fingerprint density at radius 2 is 2.11 bits per heavy atom. The molecule has 0 N–H and O–H groups in total. The van der Waals surface area contributed by atoms with Crippen molar-refractivity contribution in [3.05, 3.63) is 32.9 Å². The molecule has 0 spiro atoms. The van der Waals surface area contributed by atoms with E-state index < -0.39 is 0 Å². The lowest BCUT2D eigenvalue weighted by molar-refractivity contribution is -0.385. The molecule has 18 heavy (non-hydrogen) atoms. The van der Waals surface area contributed by atoms with E-state index in [1.807, 2.05) is 10.9 Å². The van der Waals surface area contributed by atoms with Crippen molar-refractivity contribution in [1.29, 1.82) is 0 Å². The van der Waals surface area contributed by atoms with Crippen molar-refractivity contribution < 1.29 is 4.92 Å². The summed E-state index contributed by atoms with van der Waals surface area (Å²) in [6, 6.07) is 3.76. The second kappa shape index (κ2) is 4.35. The zero-order chi connectivity index (χ0) is 12.7. The Balaban J connectivity index is 2.08. The minimum atomic E-state index is -0.379. The summed E-state index contributed by atoms with van der Waals surface area (Å²) in [7, 11) is 0. The number of rotatable bonds is 2. The molecule has 1 aromatic heterocycles. The van der Waals surface area contributed by atoms with Crippen molar-refractivity contribution in [2.75, 3.05) is 0 Å². The number of halogens is 1. The largest absolute Gasteiger partial charge is 0.284 e. The zero-order valence-corrected chi connectivity index (χ0v) is 11.3. The molecule has 0 saturated heterocycles. The van der Waals surface area contributed by atoms with Gasteiger partial charge in [-0.2, -0.15) is 5.10 Å². The van der Waals surface area contributed by atoms with Gasteiger partial charge in [0.05, 0.1) is 21.0 Å². The molecule has 1 aliphatic carbocycles. The highest BCUT2D eigenvalue weighted by Gasteiger charge is 2.20. The third kappa shape index (κ3) is 1.90. The van der Waals surface area contributed by atoms with E-state index in [1.165, 1.54) is 12.8 Å². The Hall–Kier alpha value is -1.43. The van der Waals surface area contributed by atoms with E-state index in [1.54, 1.807) is 12.1 Å². The number of benzene rings is 1. The molecule has 0 bridgehead atoms. The minimum absolute atomic E-state index is 0.0912. The van der Waals surface area contributed by atoms with E-state index in [2.05, 4.69) is 21.0 Å². The molecule has 0 amide bonds. The first-order chi connectivity index (χ1) is 8.65. The fourth-order valence-corrected chi connectivity index (χ4v) is 3.03. The summed E-state index contributed by atoms with van der Waals surface area (Å²) in [5.41, 5.74) is 0.896. The van der Waals surface area contributed by atoms with Gasteiger partial charge in [-0.1, -0.05) is 12.8 Å². The van der Waals surface area contributed by atoms with Crippen LogP contribution in [0.2, 0.25) is 0 Å². The standard InChI is InChI=1S/C12H12BrN3O2/c13-10-6-11-8(5-12(10)16(17)18)7-15(14-11)9-3-1-2-4-9/h5-7,9H,1-4H2. The van der Waals surface area contributed by atoms with Crippen LogP contribution in [0.5, 0.6) is 0 Å². The van der Waals surface area contributed by atoms with Crippen LogP contribution in [0, 0.1) is 10.1 Å². The molecule has 0 radical (unpaired) electrons. The number of aromatic nitrogens is 2. The van der Waals surface area contributed by atoms with Gasteiger partial charge in [-0.25, -0.2) is 0 Å². The zero-order valence-electron chi connectivity index (χ0n) is 9.67. The summed E-state index contributed by atoms with van der Waals surface area (Å²) in [5, 5.41) is 16.2. The van der Waals surface area contributed by atoms with Crippen LogP contribution in [0.3, 0.4) is 0 Å². The van der Waals surface area contributed by atoms with Gasteiger partial charge in [0.15, 0.2) is 0 Å². The smallest absolute Gasteiger partial charge is 0.268 e. The molecular weight excluding hydrogens is 298 g/mol. The maximum Gasteiger partial charge on any atom is 0.284 e. The lowest BCUT2D eigenvalue weighted by Gasteiger charge is -2.07. The average molecular weight is 310 g/mol. The molecular formula is C12H12BrN3O2. The minimum Gasteiger partial charge on any atom is -0.268 e. The molecule has 3 rings (SSSR count). The predicted molar refractivity (Wildman–Crippen MR) is 71.6 cm³/mol. The number of hydrogen-bond donors (Lipinski definition) is 0. The number of nitrogens with zero attached hydrogens (tertiary/aromatic N) is 3. The molecule has 0 aliphatic heterocycles. The SMILES string of the molecule is O=[N+]([O-])c1cc2cn(C3CCCC3)nc2cc1Br. The first kappa shape index (κ1) is 11.6. The van der Waals surface area contributed by atoms with Gasteiger partial charge in [0.25, 0.3) is 5.69 Å². The van der Waals surface area contributed by atoms with E-state index in [0.29, 0.717) is 10.5 Å². The van der Waals surface area contributed by atoms with Crippen LogP contribution < -0.4 is 0 Å². The molecule has 2 aromatic rings. The van der Waals surface area contributed by atoms with E-state index in [9.17, 15) is 10.1 Å². The number of nitro benzene ring substituents is 1. The average Bonchev–Trinajstić information content (AvgIpc) is 2.95. The van der Waals surface area contributed by atoms with Crippen molar-refractivity contribution in [2.24, 2.45) is 0 Å². The fraction of sp³-hybridized carbons (Fsp3) is 0.417. The van der Waals surface area contributed by atoms with E-state index in [4.69, 9.17) is 0 Å². The molecule has 1 heterocycles. The summed E-state index contributed by atoms with van der Waals surface area (Å²) < 4.78 is 2.45. The Morgan fingerprint density at radius 1 is 1.39 bits per heavy atom. The molecule has 1 aliphatic rings. The monoisotopic (exact) mass is 309 g/mol. The van der Waals surface area contributed by atoms with Gasteiger partial charge in [-0.05, 0) is 34.8 Å². The van der Waals surface area contributed by atoms with Crippen LogP contribution in [0.25, 0.3) is 10.9 Å². The predicted octanol–water partition coefficient (Wildman–Crippen LogP) is 3.82. The van der Waals surface area contributed by atoms with Crippen LogP contribution in [0.1, 0.15) is 31.7 Å². The van der Waals surface area contributed by atoms with E-state index in [0.717, 1.165) is 23.7 Å². The second-order valence-corrected chi connectivity index (χ2v) is 5.52. The van der Waals surface area contributed by atoms with Crippen molar-refractivity contribution >= 4 is 32.5 Å². The van der Waals surface area contributed by atoms with E-state index in [-0.39, 0.29) is 10.6 Å². The van der Waals surface area contributed by atoms with Crippen LogP contribution >= 0.6 is 15.9 Å². The maximum atomic E-state index is 10.9. The fourth-order valence-electron chi connectivity index (χ4n) is 2.55. The number of nitro groups is 1. The molecule has 1 saturated carbocycles. The molecule has 6 heteroatoms. The number of fused-ring (bicyclic) bond motifs is 1. The van der Waals surface area contributed by atoms with Gasteiger partial charge in [-0.3, -0.25) is 14.8 Å². The quantitative estimate of drug-likeness (QED) is 0.626. The van der Waals surface area contributed by atoms with Gasteiger partial charge in [0.2, 0.25) is 0 Å². The van der Waals surface area contributed by atoms with Crippen molar-refractivity contribution in [1.82, 2.24) is 9.78 Å². The van der Waals surface area contributed by atoms with Gasteiger partial charge < -0.3 is 0 Å². The van der Waals surface area contributed by atoms with Gasteiger partial charge in [-0.15, -0.1) is 0 Å². The maximum absolute atomic E-state index is 10.9. The highest BCUT2D eigenvalue weighted by molar-refractivity contribution is 9.10. The Labute approximate surface area is 112 Å². The normalized spacial score (nSPS) is 16.5. The second-order valence-electron chi connectivity index (χ2n) is 4.67. The summed E-state index contributed by atoms with van der Waals surface area (Å²) in [6.45, 7) is 0. The summed E-state index contributed by atoms with van der Waals surface area (Å²) in [6.07, 6.45) is 6.70. The molecule has 1 fully saturated rings. The number of hydrogen-bond acceptors (Lipinski definition) is 3. The third-order valence-electron chi connectivity index (χ3n) is 3.49. The lowest BCUT2D eigenvalue weighted by Crippen LogP contribution is -2.04. The van der Waals surface area contributed by atoms with Crippen LogP contribution in [0.4, 0.5) is 5.69 Å². The first-order valence-electron chi connectivity index (χ1n) is 5.98. The topological polar surface area (TPSA) is 61.0 Å². The van der Waals surface area contributed by atoms with Gasteiger partial charge in [0.1, 0.15) is 0 Å². The summed E-state index contributed by atoms with van der Waals surface area (Å²) in [4.78, 5) is 10.5. The van der Waals surface area contributed by atoms with E-state index >= 15 is 0 Å². The van der Waals surface area contributed by atoms with Crippen LogP contribution in [-0.2, 0) is 0 Å². The first-order valence-corrected chi connectivity index (χ1v) is 6.77. The van der Waals surface area contributed by atoms with Crippen molar-refractivity contribution in [3.8, 4) is 0 Å². The Bertz CT molecular complexity index is 617. The lowest BCUT2D eigenvalue weighted by atomic mass is 10.2. The summed E-state index contributed by atoms with van der Waals surface area (Å²) in [5.74, 6) is 0. The third-order valence-corrected chi connectivity index (χ3v) is 4.12. The van der Waals surface area contributed by atoms with Crippen LogP contribution in [-0.4, -0.2) is 14.7 Å². The highest BCUT2D eigenvalue weighted by Crippen LogP contribution is 2.33. The van der Waals surface area contributed by atoms with Gasteiger partial charge >= 0.3 is 0 Å². The molecule has 1 aromatic carbocycles. The van der Waals surface area contributed by atoms with Crippen molar-refractivity contribution in [3.63, 3.8) is 0 Å². The Kier molecular flexibility index (Phi) is 2.81. The van der Waals surface area contributed by atoms with Crippen molar-refractivity contribution in [2.45, 2.75) is 31.7 Å². The molecule has 94 valence electrons. The molecule has 0 atom stereocenters. The highest BCUT2D eigenvalue weighted by atomic mass is 79.9. The molecule has 5 nitrogen and oxygen atoms in total. The molecule has 0 unspecified atom stereocenters. The van der Waals surface area contributed by atoms with Crippen LogP contribution in [0.15, 0.2) is 22.8 Å². The summed E-state index contributed by atoms with van der Waals surface area (Å²) >= 11 is 3.22. The Morgan fingerprint density at radius 3 is 2.78 bits per heavy atom.